The second-order valence-corrected chi connectivity index (χ2v) is 4.23. The molecular weight excluding hydrogens is 156 g/mol. The molecule has 0 amide bonds. The number of hydrogen-bond acceptors (Lipinski definition) is 0. The molecule has 0 unspecified atom stereocenters. The lowest BCUT2D eigenvalue weighted by molar-refractivity contribution is 0.385. The molecular formula is C13H19. The van der Waals surface area contributed by atoms with Crippen LogP contribution in [0.1, 0.15) is 39.7 Å². The fourth-order valence-corrected chi connectivity index (χ4v) is 1.34. The zero-order valence-electron chi connectivity index (χ0n) is 9.09. The summed E-state index contributed by atoms with van der Waals surface area (Å²) in [5.74, 6) is 1.48. The summed E-state index contributed by atoms with van der Waals surface area (Å²) in [6.07, 6.45) is 1.19. The highest BCUT2D eigenvalue weighted by molar-refractivity contribution is 5.32. The summed E-state index contributed by atoms with van der Waals surface area (Å²) in [5, 5.41) is 0. The van der Waals surface area contributed by atoms with E-state index in [1.165, 1.54) is 17.9 Å². The van der Waals surface area contributed by atoms with Crippen LogP contribution in [0.5, 0.6) is 0 Å². The minimum Gasteiger partial charge on any atom is -0.0648 e. The number of hydrogen-bond donors (Lipinski definition) is 0. The summed E-state index contributed by atoms with van der Waals surface area (Å²) >= 11 is 0. The molecule has 0 atom stereocenters. The Hall–Kier alpha value is -0.780. The highest BCUT2D eigenvalue weighted by Crippen LogP contribution is 2.36. The first-order valence-electron chi connectivity index (χ1n) is 4.97. The van der Waals surface area contributed by atoms with E-state index < -0.39 is 0 Å². The van der Waals surface area contributed by atoms with E-state index in [4.69, 9.17) is 0 Å². The van der Waals surface area contributed by atoms with Gasteiger partial charge in [-0.05, 0) is 11.0 Å². The highest BCUT2D eigenvalue weighted by Gasteiger charge is 2.25. The monoisotopic (exact) mass is 175 g/mol. The molecule has 0 bridgehead atoms. The predicted octanol–water partition coefficient (Wildman–Crippen LogP) is 4.07. The predicted molar refractivity (Wildman–Crippen MR) is 58.5 cm³/mol. The lowest BCUT2D eigenvalue weighted by Crippen LogP contribution is -2.19. The van der Waals surface area contributed by atoms with Gasteiger partial charge in [0.05, 0.1) is 0 Å². The van der Waals surface area contributed by atoms with Gasteiger partial charge in [0.2, 0.25) is 0 Å². The molecule has 0 aromatic heterocycles. The van der Waals surface area contributed by atoms with Gasteiger partial charge in [0.25, 0.3) is 0 Å². The third-order valence-electron chi connectivity index (χ3n) is 3.11. The Morgan fingerprint density at radius 1 is 1.15 bits per heavy atom. The van der Waals surface area contributed by atoms with Crippen LogP contribution in [0, 0.1) is 11.3 Å². The second-order valence-electron chi connectivity index (χ2n) is 4.23. The van der Waals surface area contributed by atoms with Crippen LogP contribution in [0.15, 0.2) is 30.3 Å². The van der Waals surface area contributed by atoms with Crippen LogP contribution < -0.4 is 0 Å². The molecule has 1 aromatic rings. The molecule has 1 aromatic carbocycles. The van der Waals surface area contributed by atoms with Gasteiger partial charge in [0, 0.05) is 5.92 Å². The Labute approximate surface area is 82.0 Å². The van der Waals surface area contributed by atoms with E-state index in [0.29, 0.717) is 5.41 Å². The van der Waals surface area contributed by atoms with Crippen molar-refractivity contribution in [3.63, 3.8) is 0 Å². The van der Waals surface area contributed by atoms with Crippen molar-refractivity contribution in [1.29, 1.82) is 0 Å². The van der Waals surface area contributed by atoms with Gasteiger partial charge >= 0.3 is 0 Å². The van der Waals surface area contributed by atoms with E-state index in [1.807, 2.05) is 0 Å². The van der Waals surface area contributed by atoms with Crippen molar-refractivity contribution in [2.45, 2.75) is 34.1 Å². The van der Waals surface area contributed by atoms with Crippen molar-refractivity contribution >= 4 is 0 Å². The largest absolute Gasteiger partial charge is 0.0648 e. The summed E-state index contributed by atoms with van der Waals surface area (Å²) in [5.41, 5.74) is 1.69. The molecule has 71 valence electrons. The van der Waals surface area contributed by atoms with Crippen LogP contribution in [0.4, 0.5) is 0 Å². The van der Waals surface area contributed by atoms with Crippen LogP contribution in [-0.4, -0.2) is 0 Å². The molecule has 0 aliphatic carbocycles. The minimum absolute atomic E-state index is 0.321. The van der Waals surface area contributed by atoms with E-state index in [-0.39, 0.29) is 0 Å². The van der Waals surface area contributed by atoms with Gasteiger partial charge in [-0.25, -0.2) is 0 Å². The average molecular weight is 175 g/mol. The van der Waals surface area contributed by atoms with Crippen LogP contribution in [0.25, 0.3) is 0 Å². The Balaban J connectivity index is 2.85. The summed E-state index contributed by atoms with van der Waals surface area (Å²) in [6, 6.07) is 10.6. The molecule has 0 heterocycles. The molecule has 0 saturated carbocycles. The lowest BCUT2D eigenvalue weighted by atomic mass is 9.74. The van der Waals surface area contributed by atoms with Crippen molar-refractivity contribution in [1.82, 2.24) is 0 Å². The maximum absolute atomic E-state index is 2.30. The van der Waals surface area contributed by atoms with Crippen molar-refractivity contribution < 1.29 is 0 Å². The summed E-state index contributed by atoms with van der Waals surface area (Å²) < 4.78 is 0. The van der Waals surface area contributed by atoms with Crippen molar-refractivity contribution in [2.75, 3.05) is 0 Å². The van der Waals surface area contributed by atoms with Crippen molar-refractivity contribution in [3.05, 3.63) is 41.8 Å². The summed E-state index contributed by atoms with van der Waals surface area (Å²) in [4.78, 5) is 0. The van der Waals surface area contributed by atoms with Crippen LogP contribution >= 0.6 is 0 Å². The van der Waals surface area contributed by atoms with Gasteiger partial charge in [-0.15, -0.1) is 0 Å². The van der Waals surface area contributed by atoms with Crippen molar-refractivity contribution in [3.8, 4) is 0 Å². The molecule has 0 nitrogen and oxygen atoms in total. The lowest BCUT2D eigenvalue weighted by Gasteiger charge is -2.30. The topological polar surface area (TPSA) is 0 Å². The molecule has 0 aliphatic heterocycles. The Morgan fingerprint density at radius 2 is 1.69 bits per heavy atom. The van der Waals surface area contributed by atoms with Gasteiger partial charge in [-0.3, -0.25) is 0 Å². The van der Waals surface area contributed by atoms with Gasteiger partial charge in [-0.2, -0.15) is 0 Å². The summed E-state index contributed by atoms with van der Waals surface area (Å²) in [6.45, 7) is 9.08. The smallest absolute Gasteiger partial charge is 0.00749 e. The fourth-order valence-electron chi connectivity index (χ4n) is 1.34. The average Bonchev–Trinajstić information content (AvgIpc) is 2.18. The van der Waals surface area contributed by atoms with Crippen molar-refractivity contribution in [2.24, 2.45) is 5.41 Å². The Bertz CT molecular complexity index is 246. The van der Waals surface area contributed by atoms with E-state index >= 15 is 0 Å². The third-order valence-corrected chi connectivity index (χ3v) is 3.11. The zero-order valence-corrected chi connectivity index (χ0v) is 9.09. The molecule has 0 aliphatic rings. The van der Waals surface area contributed by atoms with E-state index in [0.717, 1.165) is 0 Å². The van der Waals surface area contributed by atoms with E-state index in [2.05, 4.69) is 58.0 Å². The fraction of sp³-hybridized carbons (Fsp3) is 0.462. The molecule has 13 heavy (non-hydrogen) atoms. The molecule has 0 spiro atoms. The molecule has 1 rings (SSSR count). The molecule has 0 N–H and O–H groups in total. The molecule has 1 radical (unpaired) electrons. The third kappa shape index (κ3) is 2.33. The molecule has 0 fully saturated rings. The van der Waals surface area contributed by atoms with Gasteiger partial charge in [0.15, 0.2) is 0 Å². The van der Waals surface area contributed by atoms with Crippen LogP contribution in [0.3, 0.4) is 0 Å². The van der Waals surface area contributed by atoms with Crippen LogP contribution in [0.2, 0.25) is 0 Å². The quantitative estimate of drug-likeness (QED) is 0.649. The minimum atomic E-state index is 0.321. The number of rotatable bonds is 3. The zero-order chi connectivity index (χ0) is 9.90. The Kier molecular flexibility index (Phi) is 3.13. The maximum atomic E-state index is 2.30. The van der Waals surface area contributed by atoms with Gasteiger partial charge in [-0.1, -0.05) is 64.4 Å². The van der Waals surface area contributed by atoms with Crippen LogP contribution in [-0.2, 0) is 0 Å². The van der Waals surface area contributed by atoms with Gasteiger partial charge in [0.1, 0.15) is 0 Å². The maximum Gasteiger partial charge on any atom is 0.00749 e. The number of benzene rings is 1. The van der Waals surface area contributed by atoms with E-state index in [9.17, 15) is 0 Å². The molecule has 0 heteroatoms. The van der Waals surface area contributed by atoms with E-state index in [1.54, 1.807) is 0 Å². The first kappa shape index (κ1) is 10.3. The Morgan fingerprint density at radius 3 is 2.15 bits per heavy atom. The molecule has 0 saturated heterocycles. The SMILES string of the molecule is CCC(C)(C)[C](C)c1ccccc1. The second kappa shape index (κ2) is 3.95. The highest BCUT2D eigenvalue weighted by atomic mass is 14.3. The first-order chi connectivity index (χ1) is 6.08. The van der Waals surface area contributed by atoms with Gasteiger partial charge < -0.3 is 0 Å². The first-order valence-corrected chi connectivity index (χ1v) is 4.97. The normalized spacial score (nSPS) is 12.1. The summed E-state index contributed by atoms with van der Waals surface area (Å²) in [7, 11) is 0. The standard InChI is InChI=1S/C13H19/c1-5-13(3,4)11(2)12-9-7-6-8-10-12/h6-10H,5H2,1-4H3.